The average Bonchev–Trinajstić information content (AvgIpc) is 2.40. The summed E-state index contributed by atoms with van der Waals surface area (Å²) in [6.45, 7) is 4.16. The van der Waals surface area contributed by atoms with Gasteiger partial charge in [-0.25, -0.2) is 13.6 Å². The zero-order valence-electron chi connectivity index (χ0n) is 12.4. The Kier molecular flexibility index (Phi) is 4.39. The predicted molar refractivity (Wildman–Crippen MR) is 72.3 cm³/mol. The van der Waals surface area contributed by atoms with Crippen molar-refractivity contribution in [1.29, 1.82) is 0 Å². The molecule has 0 aromatic carbocycles. The Morgan fingerprint density at radius 2 is 1.52 bits per heavy atom. The van der Waals surface area contributed by atoms with Gasteiger partial charge < -0.3 is 14.9 Å². The Morgan fingerprint density at radius 1 is 1.05 bits per heavy atom. The number of piperazine rings is 1. The summed E-state index contributed by atoms with van der Waals surface area (Å²) in [6, 6.07) is -0.486. The minimum Gasteiger partial charge on any atom is -0.465 e. The van der Waals surface area contributed by atoms with Gasteiger partial charge in [0, 0.05) is 43.9 Å². The molecule has 2 fully saturated rings. The molecular formula is C14H22F2N2O3. The molecule has 0 radical (unpaired) electrons. The van der Waals surface area contributed by atoms with Gasteiger partial charge in [-0.2, -0.15) is 0 Å². The van der Waals surface area contributed by atoms with Gasteiger partial charge in [0.15, 0.2) is 0 Å². The lowest BCUT2D eigenvalue weighted by atomic mass is 9.85. The lowest BCUT2D eigenvalue weighted by molar-refractivity contribution is -0.145. The first-order chi connectivity index (χ1) is 9.71. The van der Waals surface area contributed by atoms with E-state index in [0.29, 0.717) is 6.54 Å². The summed E-state index contributed by atoms with van der Waals surface area (Å²) < 4.78 is 26.3. The highest BCUT2D eigenvalue weighted by molar-refractivity contribution is 5.80. The van der Waals surface area contributed by atoms with E-state index in [9.17, 15) is 18.4 Å². The molecular weight excluding hydrogens is 282 g/mol. The van der Waals surface area contributed by atoms with Crippen molar-refractivity contribution in [2.24, 2.45) is 5.92 Å². The second-order valence-corrected chi connectivity index (χ2v) is 6.25. The fraction of sp³-hybridized carbons (Fsp3) is 0.857. The van der Waals surface area contributed by atoms with Crippen LogP contribution in [0.4, 0.5) is 13.6 Å². The number of hydrogen-bond acceptors (Lipinski definition) is 2. The number of alkyl halides is 2. The molecule has 7 heteroatoms. The molecule has 1 saturated carbocycles. The summed E-state index contributed by atoms with van der Waals surface area (Å²) in [4.78, 5) is 26.6. The molecule has 0 aromatic rings. The number of carbonyl (C=O) groups excluding carboxylic acids is 1. The van der Waals surface area contributed by atoms with E-state index in [2.05, 4.69) is 0 Å². The molecule has 0 unspecified atom stereocenters. The summed E-state index contributed by atoms with van der Waals surface area (Å²) in [5, 5.41) is 9.10. The molecule has 2 atom stereocenters. The van der Waals surface area contributed by atoms with Crippen molar-refractivity contribution in [2.75, 3.05) is 13.1 Å². The largest absolute Gasteiger partial charge is 0.465 e. The predicted octanol–water partition coefficient (Wildman–Crippen LogP) is 2.41. The zero-order valence-corrected chi connectivity index (χ0v) is 12.4. The molecule has 0 aromatic heterocycles. The lowest BCUT2D eigenvalue weighted by Gasteiger charge is -2.44. The van der Waals surface area contributed by atoms with E-state index in [1.165, 1.54) is 4.90 Å². The number of rotatable bonds is 1. The van der Waals surface area contributed by atoms with Gasteiger partial charge in [0.2, 0.25) is 11.8 Å². The third kappa shape index (κ3) is 3.44. The van der Waals surface area contributed by atoms with E-state index in [-0.39, 0.29) is 56.1 Å². The second kappa shape index (κ2) is 5.77. The summed E-state index contributed by atoms with van der Waals surface area (Å²) in [5.41, 5.74) is 0. The molecule has 0 spiro atoms. The van der Waals surface area contributed by atoms with Crippen LogP contribution in [0.2, 0.25) is 0 Å². The van der Waals surface area contributed by atoms with Crippen molar-refractivity contribution in [3.05, 3.63) is 0 Å². The highest BCUT2D eigenvalue weighted by Crippen LogP contribution is 2.37. The van der Waals surface area contributed by atoms with Gasteiger partial charge in [-0.05, 0) is 26.7 Å². The number of hydrogen-bond donors (Lipinski definition) is 1. The molecule has 120 valence electrons. The van der Waals surface area contributed by atoms with E-state index in [0.717, 1.165) is 0 Å². The molecule has 1 heterocycles. The maximum atomic E-state index is 13.2. The fourth-order valence-corrected chi connectivity index (χ4v) is 3.22. The van der Waals surface area contributed by atoms with Crippen molar-refractivity contribution in [3.63, 3.8) is 0 Å². The van der Waals surface area contributed by atoms with Crippen molar-refractivity contribution in [3.8, 4) is 0 Å². The SMILES string of the molecule is C[C@@H]1CN(C(=O)O)[C@@H](C)CN1C(=O)C1CCC(F)(F)CC1. The van der Waals surface area contributed by atoms with Crippen LogP contribution < -0.4 is 0 Å². The van der Waals surface area contributed by atoms with Crippen LogP contribution in [-0.2, 0) is 4.79 Å². The normalized spacial score (nSPS) is 30.3. The molecule has 1 N–H and O–H groups in total. The first-order valence-corrected chi connectivity index (χ1v) is 7.39. The highest BCUT2D eigenvalue weighted by Gasteiger charge is 2.41. The van der Waals surface area contributed by atoms with Crippen molar-refractivity contribution in [1.82, 2.24) is 9.80 Å². The van der Waals surface area contributed by atoms with Gasteiger partial charge in [0.1, 0.15) is 0 Å². The van der Waals surface area contributed by atoms with Crippen LogP contribution in [0.25, 0.3) is 0 Å². The van der Waals surface area contributed by atoms with Crippen molar-refractivity contribution < 1.29 is 23.5 Å². The van der Waals surface area contributed by atoms with Crippen LogP contribution in [0.1, 0.15) is 39.5 Å². The Morgan fingerprint density at radius 3 is 2.05 bits per heavy atom. The van der Waals surface area contributed by atoms with Crippen molar-refractivity contribution in [2.45, 2.75) is 57.5 Å². The van der Waals surface area contributed by atoms with Gasteiger partial charge >= 0.3 is 6.09 Å². The molecule has 0 bridgehead atoms. The van der Waals surface area contributed by atoms with Gasteiger partial charge in [0.25, 0.3) is 0 Å². The Hall–Kier alpha value is -1.40. The Bertz CT molecular complexity index is 420. The summed E-state index contributed by atoms with van der Waals surface area (Å²) >= 11 is 0. The quantitative estimate of drug-likeness (QED) is 0.809. The number of amides is 2. The molecule has 21 heavy (non-hydrogen) atoms. The molecule has 5 nitrogen and oxygen atoms in total. The molecule has 1 aliphatic carbocycles. The van der Waals surface area contributed by atoms with Gasteiger partial charge in [-0.1, -0.05) is 0 Å². The molecule has 1 saturated heterocycles. The Labute approximate surface area is 122 Å². The van der Waals surface area contributed by atoms with Gasteiger partial charge in [-0.15, -0.1) is 0 Å². The number of carboxylic acid groups (broad SMARTS) is 1. The summed E-state index contributed by atoms with van der Waals surface area (Å²) in [7, 11) is 0. The van der Waals surface area contributed by atoms with E-state index in [1.54, 1.807) is 18.7 Å². The van der Waals surface area contributed by atoms with E-state index in [4.69, 9.17) is 5.11 Å². The third-order valence-corrected chi connectivity index (χ3v) is 4.58. The first-order valence-electron chi connectivity index (χ1n) is 7.39. The van der Waals surface area contributed by atoms with Crippen LogP contribution in [0.5, 0.6) is 0 Å². The maximum Gasteiger partial charge on any atom is 0.407 e. The average molecular weight is 304 g/mol. The minimum absolute atomic E-state index is 0.102. The number of nitrogens with zero attached hydrogens (tertiary/aromatic N) is 2. The smallest absolute Gasteiger partial charge is 0.407 e. The molecule has 2 aliphatic rings. The first kappa shape index (κ1) is 16.0. The van der Waals surface area contributed by atoms with E-state index < -0.39 is 12.0 Å². The molecule has 1 aliphatic heterocycles. The van der Waals surface area contributed by atoms with Crippen LogP contribution in [-0.4, -0.2) is 58.0 Å². The van der Waals surface area contributed by atoms with Crippen LogP contribution in [0.3, 0.4) is 0 Å². The van der Waals surface area contributed by atoms with Gasteiger partial charge in [-0.3, -0.25) is 4.79 Å². The molecule has 2 rings (SSSR count). The maximum absolute atomic E-state index is 13.2. The second-order valence-electron chi connectivity index (χ2n) is 6.25. The molecule has 2 amide bonds. The van der Waals surface area contributed by atoms with E-state index >= 15 is 0 Å². The van der Waals surface area contributed by atoms with Crippen molar-refractivity contribution >= 4 is 12.0 Å². The topological polar surface area (TPSA) is 60.9 Å². The van der Waals surface area contributed by atoms with Crippen LogP contribution in [0.15, 0.2) is 0 Å². The summed E-state index contributed by atoms with van der Waals surface area (Å²) in [5.74, 6) is -3.09. The fourth-order valence-electron chi connectivity index (χ4n) is 3.22. The minimum atomic E-state index is -2.64. The summed E-state index contributed by atoms with van der Waals surface area (Å²) in [6.07, 6.45) is -1.03. The van der Waals surface area contributed by atoms with E-state index in [1.807, 2.05) is 0 Å². The lowest BCUT2D eigenvalue weighted by Crippen LogP contribution is -2.60. The monoisotopic (exact) mass is 304 g/mol. The zero-order chi connectivity index (χ0) is 15.8. The Balaban J connectivity index is 1.99. The van der Waals surface area contributed by atoms with Gasteiger partial charge in [0.05, 0.1) is 0 Å². The third-order valence-electron chi connectivity index (χ3n) is 4.58. The van der Waals surface area contributed by atoms with Crippen LogP contribution in [0, 0.1) is 5.92 Å². The standard InChI is InChI=1S/C14H22F2N2O3/c1-9-8-18(13(20)21)10(2)7-17(9)12(19)11-3-5-14(15,16)6-4-11/h9-11H,3-8H2,1-2H3,(H,20,21)/t9-,10+/m1/s1. The van der Waals surface area contributed by atoms with Crippen LogP contribution >= 0.6 is 0 Å². The number of carbonyl (C=O) groups is 2. The highest BCUT2D eigenvalue weighted by atomic mass is 19.3. The number of halogens is 2.